The summed E-state index contributed by atoms with van der Waals surface area (Å²) in [6, 6.07) is 14.8. The summed E-state index contributed by atoms with van der Waals surface area (Å²) < 4.78 is 0. The van der Waals surface area contributed by atoms with Gasteiger partial charge < -0.3 is 5.11 Å². The van der Waals surface area contributed by atoms with Crippen LogP contribution in [0.4, 0.5) is 5.69 Å². The van der Waals surface area contributed by atoms with Gasteiger partial charge in [0.15, 0.2) is 0 Å². The maximum atomic E-state index is 9.18. The summed E-state index contributed by atoms with van der Waals surface area (Å²) in [6.45, 7) is 0. The van der Waals surface area contributed by atoms with E-state index >= 15 is 0 Å². The molecular formula is C14H13N3O. The van der Waals surface area contributed by atoms with Crippen molar-refractivity contribution in [2.75, 3.05) is 0 Å². The Bertz CT molecular complexity index is 555. The minimum atomic E-state index is 0.289. The number of rotatable bonds is 4. The number of phenols is 1. The van der Waals surface area contributed by atoms with Crippen LogP contribution in [0.15, 0.2) is 53.6 Å². The van der Waals surface area contributed by atoms with Gasteiger partial charge in [0.1, 0.15) is 5.75 Å². The molecular weight excluding hydrogens is 226 g/mol. The Kier molecular flexibility index (Phi) is 3.84. The van der Waals surface area contributed by atoms with E-state index in [-0.39, 0.29) is 5.75 Å². The largest absolute Gasteiger partial charge is 0.508 e. The molecule has 0 amide bonds. The van der Waals surface area contributed by atoms with E-state index in [1.54, 1.807) is 12.1 Å². The molecule has 0 aliphatic rings. The lowest BCUT2D eigenvalue weighted by atomic mass is 10.0. The number of hydrogen-bond acceptors (Lipinski definition) is 2. The third-order valence-electron chi connectivity index (χ3n) is 2.74. The highest BCUT2D eigenvalue weighted by atomic mass is 16.3. The lowest BCUT2D eigenvalue weighted by molar-refractivity contribution is 0.475. The smallest absolute Gasteiger partial charge is 0.115 e. The molecule has 4 heteroatoms. The second kappa shape index (κ2) is 5.75. The molecule has 0 aromatic heterocycles. The Labute approximate surface area is 105 Å². The van der Waals surface area contributed by atoms with Crippen molar-refractivity contribution < 1.29 is 5.11 Å². The molecule has 2 aromatic rings. The fraction of sp³-hybridized carbons (Fsp3) is 0.143. The van der Waals surface area contributed by atoms with Crippen molar-refractivity contribution in [3.05, 3.63) is 70.1 Å². The van der Waals surface area contributed by atoms with Gasteiger partial charge >= 0.3 is 0 Å². The van der Waals surface area contributed by atoms with E-state index in [4.69, 9.17) is 5.53 Å². The lowest BCUT2D eigenvalue weighted by Crippen LogP contribution is -1.90. The van der Waals surface area contributed by atoms with Crippen LogP contribution in [0, 0.1) is 0 Å². The number of azide groups is 1. The minimum absolute atomic E-state index is 0.289. The molecule has 0 atom stereocenters. The van der Waals surface area contributed by atoms with Crippen molar-refractivity contribution in [1.82, 2.24) is 0 Å². The molecule has 1 N–H and O–H groups in total. The highest BCUT2D eigenvalue weighted by molar-refractivity contribution is 5.39. The number of phenolic OH excluding ortho intramolecular Hbond substituents is 1. The highest BCUT2D eigenvalue weighted by Gasteiger charge is 1.97. The molecule has 0 saturated carbocycles. The first-order valence-electron chi connectivity index (χ1n) is 5.70. The van der Waals surface area contributed by atoms with E-state index in [0.29, 0.717) is 5.69 Å². The SMILES string of the molecule is [N-]=[N+]=Nc1ccc(CCc2ccc(O)cc2)cc1. The Balaban J connectivity index is 1.97. The van der Waals surface area contributed by atoms with E-state index in [0.717, 1.165) is 12.8 Å². The normalized spacial score (nSPS) is 9.78. The van der Waals surface area contributed by atoms with Crippen LogP contribution in [0.1, 0.15) is 11.1 Å². The molecule has 0 heterocycles. The van der Waals surface area contributed by atoms with Crippen LogP contribution in [0.25, 0.3) is 10.4 Å². The summed E-state index contributed by atoms with van der Waals surface area (Å²) in [5.41, 5.74) is 11.3. The first kappa shape index (κ1) is 12.0. The van der Waals surface area contributed by atoms with Crippen LogP contribution in [0.3, 0.4) is 0 Å². The third-order valence-corrected chi connectivity index (χ3v) is 2.74. The molecule has 4 nitrogen and oxygen atoms in total. The van der Waals surface area contributed by atoms with Crippen molar-refractivity contribution in [2.24, 2.45) is 5.11 Å². The Morgan fingerprint density at radius 3 is 1.89 bits per heavy atom. The van der Waals surface area contributed by atoms with Crippen molar-refractivity contribution in [2.45, 2.75) is 12.8 Å². The van der Waals surface area contributed by atoms with E-state index in [9.17, 15) is 5.11 Å². The lowest BCUT2D eigenvalue weighted by Gasteiger charge is -2.03. The number of benzene rings is 2. The molecule has 0 aliphatic carbocycles. The molecule has 2 rings (SSSR count). The van der Waals surface area contributed by atoms with E-state index in [2.05, 4.69) is 10.0 Å². The maximum Gasteiger partial charge on any atom is 0.115 e. The van der Waals surface area contributed by atoms with Gasteiger partial charge in [-0.25, -0.2) is 0 Å². The topological polar surface area (TPSA) is 69.0 Å². The standard InChI is InChI=1S/C14H13N3O/c15-17-16-13-7-3-11(4-8-13)1-2-12-5-9-14(18)10-6-12/h3-10,18H,1-2H2. The van der Waals surface area contributed by atoms with Crippen molar-refractivity contribution in [3.63, 3.8) is 0 Å². The second-order valence-corrected chi connectivity index (χ2v) is 4.02. The third kappa shape index (κ3) is 3.27. The number of aryl methyl sites for hydroxylation is 2. The summed E-state index contributed by atoms with van der Waals surface area (Å²) >= 11 is 0. The van der Waals surface area contributed by atoms with Gasteiger partial charge in [-0.05, 0) is 41.6 Å². The van der Waals surface area contributed by atoms with Gasteiger partial charge in [-0.3, -0.25) is 0 Å². The summed E-state index contributed by atoms with van der Waals surface area (Å²) in [7, 11) is 0. The second-order valence-electron chi connectivity index (χ2n) is 4.02. The quantitative estimate of drug-likeness (QED) is 0.486. The first-order chi connectivity index (χ1) is 8.78. The van der Waals surface area contributed by atoms with Gasteiger partial charge in [-0.1, -0.05) is 41.5 Å². The molecule has 0 radical (unpaired) electrons. The number of hydrogen-bond donors (Lipinski definition) is 1. The van der Waals surface area contributed by atoms with E-state index in [1.807, 2.05) is 36.4 Å². The van der Waals surface area contributed by atoms with E-state index in [1.165, 1.54) is 11.1 Å². The monoisotopic (exact) mass is 239 g/mol. The van der Waals surface area contributed by atoms with Crippen LogP contribution in [0.2, 0.25) is 0 Å². The van der Waals surface area contributed by atoms with Crippen molar-refractivity contribution >= 4 is 5.69 Å². The molecule has 90 valence electrons. The predicted octanol–water partition coefficient (Wildman–Crippen LogP) is 4.12. The number of nitrogens with zero attached hydrogens (tertiary/aromatic N) is 3. The zero-order chi connectivity index (χ0) is 12.8. The van der Waals surface area contributed by atoms with Gasteiger partial charge in [-0.2, -0.15) is 0 Å². The zero-order valence-electron chi connectivity index (χ0n) is 9.82. The molecule has 0 fully saturated rings. The highest BCUT2D eigenvalue weighted by Crippen LogP contribution is 2.16. The van der Waals surface area contributed by atoms with Crippen LogP contribution in [-0.2, 0) is 12.8 Å². The van der Waals surface area contributed by atoms with E-state index < -0.39 is 0 Å². The average molecular weight is 239 g/mol. The Morgan fingerprint density at radius 2 is 1.39 bits per heavy atom. The van der Waals surface area contributed by atoms with Gasteiger partial charge in [0, 0.05) is 10.6 Å². The Hall–Kier alpha value is -2.45. The summed E-state index contributed by atoms with van der Waals surface area (Å²) in [5.74, 6) is 0.289. The van der Waals surface area contributed by atoms with Crippen molar-refractivity contribution in [3.8, 4) is 5.75 Å². The number of aromatic hydroxyl groups is 1. The maximum absolute atomic E-state index is 9.18. The predicted molar refractivity (Wildman–Crippen MR) is 70.8 cm³/mol. The van der Waals surface area contributed by atoms with Crippen molar-refractivity contribution in [1.29, 1.82) is 0 Å². The first-order valence-corrected chi connectivity index (χ1v) is 5.70. The van der Waals surface area contributed by atoms with Crippen LogP contribution < -0.4 is 0 Å². The van der Waals surface area contributed by atoms with Gasteiger partial charge in [0.2, 0.25) is 0 Å². The summed E-state index contributed by atoms with van der Waals surface area (Å²) in [4.78, 5) is 2.74. The molecule has 0 aliphatic heterocycles. The summed E-state index contributed by atoms with van der Waals surface area (Å²) in [5, 5.41) is 12.7. The molecule has 2 aromatic carbocycles. The molecule has 0 saturated heterocycles. The zero-order valence-corrected chi connectivity index (χ0v) is 9.82. The minimum Gasteiger partial charge on any atom is -0.508 e. The van der Waals surface area contributed by atoms with Crippen LogP contribution >= 0.6 is 0 Å². The average Bonchev–Trinajstić information content (AvgIpc) is 2.40. The molecule has 0 unspecified atom stereocenters. The van der Waals surface area contributed by atoms with Gasteiger partial charge in [0.05, 0.1) is 0 Å². The fourth-order valence-electron chi connectivity index (χ4n) is 1.73. The molecule has 0 spiro atoms. The van der Waals surface area contributed by atoms with Crippen LogP contribution in [0.5, 0.6) is 5.75 Å². The van der Waals surface area contributed by atoms with Gasteiger partial charge in [0.25, 0.3) is 0 Å². The Morgan fingerprint density at radius 1 is 0.889 bits per heavy atom. The summed E-state index contributed by atoms with van der Waals surface area (Å²) in [6.07, 6.45) is 1.84. The van der Waals surface area contributed by atoms with Crippen LogP contribution in [-0.4, -0.2) is 5.11 Å². The molecule has 0 bridgehead atoms. The van der Waals surface area contributed by atoms with Gasteiger partial charge in [-0.15, -0.1) is 0 Å². The fourth-order valence-corrected chi connectivity index (χ4v) is 1.73. The molecule has 18 heavy (non-hydrogen) atoms.